The van der Waals surface area contributed by atoms with Gasteiger partial charge in [0.05, 0.1) is 0 Å². The van der Waals surface area contributed by atoms with Crippen molar-refractivity contribution in [2.45, 2.75) is 27.2 Å². The third-order valence-corrected chi connectivity index (χ3v) is 1.91. The van der Waals surface area contributed by atoms with Gasteiger partial charge >= 0.3 is 0 Å². The lowest BCUT2D eigenvalue weighted by molar-refractivity contribution is 0.646. The van der Waals surface area contributed by atoms with Crippen molar-refractivity contribution >= 4 is 5.82 Å². The van der Waals surface area contributed by atoms with E-state index in [0.717, 1.165) is 17.9 Å². The van der Waals surface area contributed by atoms with Crippen LogP contribution in [-0.4, -0.2) is 12.0 Å². The highest BCUT2D eigenvalue weighted by Crippen LogP contribution is 2.13. The number of aromatic nitrogens is 1. The molecule has 0 aliphatic carbocycles. The summed E-state index contributed by atoms with van der Waals surface area (Å²) in [6, 6.07) is 4.27. The van der Waals surface area contributed by atoms with E-state index in [-0.39, 0.29) is 0 Å². The van der Waals surface area contributed by atoms with Gasteiger partial charge in [-0.15, -0.1) is 0 Å². The Morgan fingerprint density at radius 3 is 2.62 bits per heavy atom. The zero-order valence-corrected chi connectivity index (χ0v) is 8.89. The van der Waals surface area contributed by atoms with Gasteiger partial charge in [-0.1, -0.05) is 13.8 Å². The van der Waals surface area contributed by atoms with Gasteiger partial charge in [-0.3, -0.25) is 0 Å². The fraction of sp³-hybridized carbons (Fsp3) is 0.545. The summed E-state index contributed by atoms with van der Waals surface area (Å²) in [6.45, 7) is 6.49. The largest absolute Gasteiger partial charge is 0.373 e. The molecular weight excluding hydrogens is 160 g/mol. The van der Waals surface area contributed by atoms with Crippen LogP contribution in [0.3, 0.4) is 0 Å². The third-order valence-electron chi connectivity index (χ3n) is 1.91. The zero-order valence-electron chi connectivity index (χ0n) is 8.89. The Hall–Kier alpha value is -1.05. The van der Waals surface area contributed by atoms with Crippen LogP contribution in [-0.2, 0) is 6.42 Å². The van der Waals surface area contributed by atoms with E-state index >= 15 is 0 Å². The summed E-state index contributed by atoms with van der Waals surface area (Å²) in [5.41, 5.74) is 2.45. The summed E-state index contributed by atoms with van der Waals surface area (Å²) in [5, 5.41) is 3.07. The van der Waals surface area contributed by atoms with Crippen LogP contribution in [0.2, 0.25) is 0 Å². The van der Waals surface area contributed by atoms with Gasteiger partial charge in [0.1, 0.15) is 5.82 Å². The lowest BCUT2D eigenvalue weighted by Gasteiger charge is -2.08. The molecule has 2 heteroatoms. The van der Waals surface area contributed by atoms with Gasteiger partial charge in [-0.05, 0) is 37.0 Å². The van der Waals surface area contributed by atoms with Crippen molar-refractivity contribution in [2.24, 2.45) is 5.92 Å². The maximum atomic E-state index is 4.35. The summed E-state index contributed by atoms with van der Waals surface area (Å²) in [6.07, 6.45) is 1.12. The molecule has 0 amide bonds. The molecule has 13 heavy (non-hydrogen) atoms. The predicted octanol–water partition coefficient (Wildman–Crippen LogP) is 2.63. The third kappa shape index (κ3) is 3.05. The van der Waals surface area contributed by atoms with Crippen molar-refractivity contribution in [2.75, 3.05) is 12.4 Å². The first kappa shape index (κ1) is 10.0. The fourth-order valence-electron chi connectivity index (χ4n) is 1.46. The van der Waals surface area contributed by atoms with Gasteiger partial charge < -0.3 is 5.32 Å². The van der Waals surface area contributed by atoms with Gasteiger partial charge in [0, 0.05) is 12.7 Å². The Labute approximate surface area is 80.4 Å². The number of pyridine rings is 1. The Balaban J connectivity index is 2.88. The molecule has 1 N–H and O–H groups in total. The number of anilines is 1. The summed E-state index contributed by atoms with van der Waals surface area (Å²) >= 11 is 0. The molecule has 0 fully saturated rings. The molecule has 0 saturated carbocycles. The monoisotopic (exact) mass is 178 g/mol. The minimum atomic E-state index is 0.700. The van der Waals surface area contributed by atoms with E-state index in [1.807, 2.05) is 14.0 Å². The molecule has 0 aliphatic rings. The van der Waals surface area contributed by atoms with Crippen molar-refractivity contribution in [1.82, 2.24) is 4.98 Å². The average Bonchev–Trinajstić information content (AvgIpc) is 2.01. The molecule has 0 aliphatic heterocycles. The first-order chi connectivity index (χ1) is 6.11. The normalized spacial score (nSPS) is 10.5. The molecule has 1 aromatic rings. The Morgan fingerprint density at radius 1 is 1.38 bits per heavy atom. The molecule has 0 saturated heterocycles. The van der Waals surface area contributed by atoms with Crippen LogP contribution in [0.4, 0.5) is 5.82 Å². The summed E-state index contributed by atoms with van der Waals surface area (Å²) in [7, 11) is 1.90. The molecule has 72 valence electrons. The molecule has 0 spiro atoms. The second-order valence-electron chi connectivity index (χ2n) is 3.85. The van der Waals surface area contributed by atoms with Gasteiger partial charge in [0.25, 0.3) is 0 Å². The smallest absolute Gasteiger partial charge is 0.126 e. The van der Waals surface area contributed by atoms with Crippen molar-refractivity contribution in [3.8, 4) is 0 Å². The van der Waals surface area contributed by atoms with Crippen LogP contribution in [0.15, 0.2) is 12.1 Å². The highest BCUT2D eigenvalue weighted by Gasteiger charge is 2.01. The fourth-order valence-corrected chi connectivity index (χ4v) is 1.46. The summed E-state index contributed by atoms with van der Waals surface area (Å²) in [4.78, 5) is 4.35. The van der Waals surface area contributed by atoms with Crippen molar-refractivity contribution < 1.29 is 0 Å². The standard InChI is InChI=1S/C11H18N2/c1-8(2)5-10-6-9(3)13-11(7-10)12-4/h6-8H,5H2,1-4H3,(H,12,13). The van der Waals surface area contributed by atoms with E-state index in [1.165, 1.54) is 5.56 Å². The Kier molecular flexibility index (Phi) is 3.29. The minimum absolute atomic E-state index is 0.700. The van der Waals surface area contributed by atoms with Crippen LogP contribution >= 0.6 is 0 Å². The Bertz CT molecular complexity index is 279. The van der Waals surface area contributed by atoms with E-state index < -0.39 is 0 Å². The lowest BCUT2D eigenvalue weighted by atomic mass is 10.0. The molecule has 1 aromatic heterocycles. The number of rotatable bonds is 3. The lowest BCUT2D eigenvalue weighted by Crippen LogP contribution is -1.99. The van der Waals surface area contributed by atoms with Crippen molar-refractivity contribution in [3.63, 3.8) is 0 Å². The number of hydrogen-bond donors (Lipinski definition) is 1. The molecule has 2 nitrogen and oxygen atoms in total. The molecule has 0 atom stereocenters. The van der Waals surface area contributed by atoms with Crippen LogP contribution < -0.4 is 5.32 Å². The summed E-state index contributed by atoms with van der Waals surface area (Å²) in [5.74, 6) is 1.67. The SMILES string of the molecule is CNc1cc(CC(C)C)cc(C)n1. The molecule has 1 rings (SSSR count). The maximum Gasteiger partial charge on any atom is 0.126 e. The highest BCUT2D eigenvalue weighted by atomic mass is 15.0. The van der Waals surface area contributed by atoms with Crippen LogP contribution in [0.1, 0.15) is 25.1 Å². The van der Waals surface area contributed by atoms with Crippen molar-refractivity contribution in [1.29, 1.82) is 0 Å². The summed E-state index contributed by atoms with van der Waals surface area (Å²) < 4.78 is 0. The second kappa shape index (κ2) is 4.26. The van der Waals surface area contributed by atoms with Crippen LogP contribution in [0, 0.1) is 12.8 Å². The number of aryl methyl sites for hydroxylation is 1. The van der Waals surface area contributed by atoms with Gasteiger partial charge in [-0.25, -0.2) is 4.98 Å². The van der Waals surface area contributed by atoms with Crippen LogP contribution in [0.25, 0.3) is 0 Å². The topological polar surface area (TPSA) is 24.9 Å². The quantitative estimate of drug-likeness (QED) is 0.769. The predicted molar refractivity (Wildman–Crippen MR) is 57.1 cm³/mol. The van der Waals surface area contributed by atoms with E-state index in [2.05, 4.69) is 36.3 Å². The number of hydrogen-bond acceptors (Lipinski definition) is 2. The number of nitrogens with zero attached hydrogens (tertiary/aromatic N) is 1. The highest BCUT2D eigenvalue weighted by molar-refractivity contribution is 5.38. The number of nitrogens with one attached hydrogen (secondary N) is 1. The first-order valence-corrected chi connectivity index (χ1v) is 4.77. The van der Waals surface area contributed by atoms with E-state index in [4.69, 9.17) is 0 Å². The molecule has 0 radical (unpaired) electrons. The van der Waals surface area contributed by atoms with E-state index in [1.54, 1.807) is 0 Å². The Morgan fingerprint density at radius 2 is 2.08 bits per heavy atom. The van der Waals surface area contributed by atoms with Gasteiger partial charge in [0.2, 0.25) is 0 Å². The second-order valence-corrected chi connectivity index (χ2v) is 3.85. The average molecular weight is 178 g/mol. The van der Waals surface area contributed by atoms with E-state index in [9.17, 15) is 0 Å². The molecule has 0 bridgehead atoms. The zero-order chi connectivity index (χ0) is 9.84. The van der Waals surface area contributed by atoms with Crippen molar-refractivity contribution in [3.05, 3.63) is 23.4 Å². The molecule has 0 unspecified atom stereocenters. The van der Waals surface area contributed by atoms with Gasteiger partial charge in [-0.2, -0.15) is 0 Å². The minimum Gasteiger partial charge on any atom is -0.373 e. The molecule has 1 heterocycles. The van der Waals surface area contributed by atoms with Gasteiger partial charge in [0.15, 0.2) is 0 Å². The van der Waals surface area contributed by atoms with E-state index in [0.29, 0.717) is 5.92 Å². The van der Waals surface area contributed by atoms with Crippen LogP contribution in [0.5, 0.6) is 0 Å². The first-order valence-electron chi connectivity index (χ1n) is 4.77. The molecular formula is C11H18N2. The molecule has 0 aromatic carbocycles. The maximum absolute atomic E-state index is 4.35.